The molecule has 0 aliphatic rings. The number of hydrogen-bond acceptors (Lipinski definition) is 4. The van der Waals surface area contributed by atoms with E-state index in [9.17, 15) is 0 Å². The summed E-state index contributed by atoms with van der Waals surface area (Å²) in [5.74, 6) is 0.340. The van der Waals surface area contributed by atoms with Gasteiger partial charge in [0.25, 0.3) is 0 Å². The third-order valence-corrected chi connectivity index (χ3v) is 2.25. The Hall–Kier alpha value is -2.10. The molecule has 14 heavy (non-hydrogen) atoms. The van der Waals surface area contributed by atoms with Crippen molar-refractivity contribution in [3.63, 3.8) is 0 Å². The van der Waals surface area contributed by atoms with Crippen molar-refractivity contribution in [1.82, 2.24) is 10.1 Å². The summed E-state index contributed by atoms with van der Waals surface area (Å²) in [6.45, 7) is 0. The summed E-state index contributed by atoms with van der Waals surface area (Å²) in [6, 6.07) is 7.72. The highest BCUT2D eigenvalue weighted by molar-refractivity contribution is 6.05. The Labute approximate surface area is 79.3 Å². The van der Waals surface area contributed by atoms with Gasteiger partial charge in [-0.15, -0.1) is 0 Å². The molecule has 2 heterocycles. The molecular formula is C10H7N3O. The molecule has 0 aliphatic heterocycles. The lowest BCUT2D eigenvalue weighted by Gasteiger charge is -1.94. The van der Waals surface area contributed by atoms with Crippen LogP contribution in [0.2, 0.25) is 0 Å². The second kappa shape index (κ2) is 2.45. The third kappa shape index (κ3) is 0.821. The van der Waals surface area contributed by atoms with Crippen LogP contribution in [0.4, 0.5) is 5.88 Å². The molecule has 0 unspecified atom stereocenters. The van der Waals surface area contributed by atoms with Crippen LogP contribution in [0.3, 0.4) is 0 Å². The maximum atomic E-state index is 5.61. The number of pyridine rings is 1. The first-order valence-electron chi connectivity index (χ1n) is 4.25. The van der Waals surface area contributed by atoms with Crippen LogP contribution in [-0.4, -0.2) is 10.1 Å². The van der Waals surface area contributed by atoms with E-state index in [1.54, 1.807) is 6.20 Å². The molecule has 0 radical (unpaired) electrons. The number of hydrogen-bond donors (Lipinski definition) is 1. The molecule has 3 aromatic rings. The Balaban J connectivity index is 2.61. The summed E-state index contributed by atoms with van der Waals surface area (Å²) in [5, 5.41) is 5.74. The molecule has 4 heteroatoms. The van der Waals surface area contributed by atoms with Gasteiger partial charge in [-0.2, -0.15) is 0 Å². The number of fused-ring (bicyclic) bond motifs is 3. The first-order valence-corrected chi connectivity index (χ1v) is 4.25. The van der Waals surface area contributed by atoms with Gasteiger partial charge in [-0.25, -0.2) is 0 Å². The Bertz CT molecular complexity index is 615. The Morgan fingerprint density at radius 2 is 2.07 bits per heavy atom. The normalized spacial score (nSPS) is 11.1. The quantitative estimate of drug-likeness (QED) is 0.581. The highest BCUT2D eigenvalue weighted by atomic mass is 16.5. The maximum absolute atomic E-state index is 5.61. The second-order valence-corrected chi connectivity index (χ2v) is 3.08. The molecule has 68 valence electrons. The highest BCUT2D eigenvalue weighted by Crippen LogP contribution is 2.26. The van der Waals surface area contributed by atoms with Crippen molar-refractivity contribution in [2.45, 2.75) is 0 Å². The van der Waals surface area contributed by atoms with Gasteiger partial charge in [0.15, 0.2) is 0 Å². The average Bonchev–Trinajstić information content (AvgIpc) is 2.61. The van der Waals surface area contributed by atoms with Gasteiger partial charge >= 0.3 is 0 Å². The molecule has 2 N–H and O–H groups in total. The zero-order valence-electron chi connectivity index (χ0n) is 7.27. The lowest BCUT2D eigenvalue weighted by atomic mass is 10.1. The zero-order valence-corrected chi connectivity index (χ0v) is 7.27. The van der Waals surface area contributed by atoms with Gasteiger partial charge in [0.05, 0.1) is 5.39 Å². The molecule has 0 saturated carbocycles. The third-order valence-electron chi connectivity index (χ3n) is 2.25. The molecular weight excluding hydrogens is 178 g/mol. The molecule has 3 rings (SSSR count). The van der Waals surface area contributed by atoms with Gasteiger partial charge in [0.1, 0.15) is 11.0 Å². The van der Waals surface area contributed by atoms with Gasteiger partial charge in [0, 0.05) is 11.6 Å². The number of rotatable bonds is 0. The zero-order chi connectivity index (χ0) is 9.54. The Kier molecular flexibility index (Phi) is 1.28. The largest absolute Gasteiger partial charge is 0.367 e. The van der Waals surface area contributed by atoms with Gasteiger partial charge in [-0.05, 0) is 12.1 Å². The fourth-order valence-corrected chi connectivity index (χ4v) is 1.56. The van der Waals surface area contributed by atoms with Crippen LogP contribution >= 0.6 is 0 Å². The summed E-state index contributed by atoms with van der Waals surface area (Å²) in [5.41, 5.74) is 7.16. The van der Waals surface area contributed by atoms with Gasteiger partial charge in [-0.3, -0.25) is 4.98 Å². The van der Waals surface area contributed by atoms with E-state index in [0.29, 0.717) is 5.88 Å². The van der Waals surface area contributed by atoms with E-state index in [1.165, 1.54) is 0 Å². The van der Waals surface area contributed by atoms with Crippen molar-refractivity contribution in [2.24, 2.45) is 0 Å². The number of nitrogens with two attached hydrogens (primary N) is 1. The lowest BCUT2D eigenvalue weighted by molar-refractivity contribution is 0.445. The standard InChI is InChI=1S/C10H7N3O/c11-10-7-4-3-6-2-1-5-12-8(6)9(7)13-14-10/h1-5H,11H2. The predicted octanol–water partition coefficient (Wildman–Crippen LogP) is 1.96. The second-order valence-electron chi connectivity index (χ2n) is 3.08. The van der Waals surface area contributed by atoms with Crippen molar-refractivity contribution < 1.29 is 4.52 Å². The predicted molar refractivity (Wildman–Crippen MR) is 53.7 cm³/mol. The minimum atomic E-state index is 0.340. The van der Waals surface area contributed by atoms with Crippen molar-refractivity contribution >= 4 is 27.7 Å². The summed E-state index contributed by atoms with van der Waals surface area (Å²) in [7, 11) is 0. The molecule has 0 saturated heterocycles. The molecule has 0 aliphatic carbocycles. The SMILES string of the molecule is Nc1onc2c1ccc1cccnc12. The van der Waals surface area contributed by atoms with E-state index < -0.39 is 0 Å². The van der Waals surface area contributed by atoms with Crippen molar-refractivity contribution in [2.75, 3.05) is 5.73 Å². The Morgan fingerprint density at radius 1 is 1.14 bits per heavy atom. The first kappa shape index (κ1) is 7.32. The minimum absolute atomic E-state index is 0.340. The summed E-state index contributed by atoms with van der Waals surface area (Å²) >= 11 is 0. The van der Waals surface area contributed by atoms with Crippen LogP contribution < -0.4 is 5.73 Å². The summed E-state index contributed by atoms with van der Waals surface area (Å²) < 4.78 is 4.91. The van der Waals surface area contributed by atoms with E-state index in [-0.39, 0.29) is 0 Å². The van der Waals surface area contributed by atoms with Crippen LogP contribution in [0.25, 0.3) is 21.8 Å². The molecule has 4 nitrogen and oxygen atoms in total. The van der Waals surface area contributed by atoms with Gasteiger partial charge < -0.3 is 10.3 Å². The number of aromatic nitrogens is 2. The van der Waals surface area contributed by atoms with Crippen molar-refractivity contribution in [1.29, 1.82) is 0 Å². The molecule has 0 bridgehead atoms. The van der Waals surface area contributed by atoms with Crippen molar-refractivity contribution in [3.8, 4) is 0 Å². The van der Waals surface area contributed by atoms with E-state index in [2.05, 4.69) is 10.1 Å². The Morgan fingerprint density at radius 3 is 3.00 bits per heavy atom. The van der Waals surface area contributed by atoms with Crippen LogP contribution in [-0.2, 0) is 0 Å². The topological polar surface area (TPSA) is 64.9 Å². The minimum Gasteiger partial charge on any atom is -0.367 e. The molecule has 0 fully saturated rings. The van der Waals surface area contributed by atoms with E-state index in [0.717, 1.165) is 21.8 Å². The maximum Gasteiger partial charge on any atom is 0.230 e. The molecule has 0 spiro atoms. The number of anilines is 1. The number of nitrogens with zero attached hydrogens (tertiary/aromatic N) is 2. The fraction of sp³-hybridized carbons (Fsp3) is 0. The molecule has 0 amide bonds. The number of nitrogen functional groups attached to an aromatic ring is 1. The molecule has 1 aromatic carbocycles. The van der Waals surface area contributed by atoms with E-state index in [1.807, 2.05) is 24.3 Å². The number of benzene rings is 1. The van der Waals surface area contributed by atoms with Gasteiger partial charge in [-0.1, -0.05) is 17.3 Å². The monoisotopic (exact) mass is 185 g/mol. The first-order chi connectivity index (χ1) is 6.86. The summed E-state index contributed by atoms with van der Waals surface area (Å²) in [4.78, 5) is 4.24. The van der Waals surface area contributed by atoms with Crippen LogP contribution in [0.15, 0.2) is 35.0 Å². The van der Waals surface area contributed by atoms with Crippen molar-refractivity contribution in [3.05, 3.63) is 30.5 Å². The molecule has 2 aromatic heterocycles. The van der Waals surface area contributed by atoms with Crippen LogP contribution in [0.5, 0.6) is 0 Å². The van der Waals surface area contributed by atoms with Crippen LogP contribution in [0, 0.1) is 0 Å². The molecule has 0 atom stereocenters. The summed E-state index contributed by atoms with van der Waals surface area (Å²) in [6.07, 6.45) is 1.73. The average molecular weight is 185 g/mol. The highest BCUT2D eigenvalue weighted by Gasteiger charge is 2.08. The smallest absolute Gasteiger partial charge is 0.230 e. The lowest BCUT2D eigenvalue weighted by Crippen LogP contribution is -1.82. The van der Waals surface area contributed by atoms with Gasteiger partial charge in [0.2, 0.25) is 5.88 Å². The van der Waals surface area contributed by atoms with E-state index >= 15 is 0 Å². The van der Waals surface area contributed by atoms with Crippen LogP contribution in [0.1, 0.15) is 0 Å². The fourth-order valence-electron chi connectivity index (χ4n) is 1.56. The van der Waals surface area contributed by atoms with E-state index in [4.69, 9.17) is 10.3 Å².